The van der Waals surface area contributed by atoms with Crippen LogP contribution in [-0.4, -0.2) is 20.8 Å². The first-order valence-corrected chi connectivity index (χ1v) is 8.39. The summed E-state index contributed by atoms with van der Waals surface area (Å²) in [5.74, 6) is 0.132. The van der Waals surface area contributed by atoms with Crippen LogP contribution in [0.4, 0.5) is 5.88 Å². The Morgan fingerprint density at radius 1 is 1.15 bits per heavy atom. The summed E-state index contributed by atoms with van der Waals surface area (Å²) in [6.45, 7) is 4.16. The Hall–Kier alpha value is -3.22. The van der Waals surface area contributed by atoms with Gasteiger partial charge in [-0.25, -0.2) is 4.68 Å². The molecule has 0 saturated carbocycles. The molecule has 0 aliphatic carbocycles. The predicted molar refractivity (Wildman–Crippen MR) is 97.8 cm³/mol. The van der Waals surface area contributed by atoms with Crippen LogP contribution in [-0.2, 0) is 11.3 Å². The second-order valence-electron chi connectivity index (χ2n) is 6.13. The van der Waals surface area contributed by atoms with E-state index in [2.05, 4.69) is 15.6 Å². The molecule has 7 heteroatoms. The summed E-state index contributed by atoms with van der Waals surface area (Å²) in [5, 5.41) is 10.7. The Morgan fingerprint density at radius 2 is 1.92 bits per heavy atom. The van der Waals surface area contributed by atoms with Gasteiger partial charge in [-0.3, -0.25) is 14.9 Å². The van der Waals surface area contributed by atoms with Gasteiger partial charge in [0.15, 0.2) is 0 Å². The maximum atomic E-state index is 12.0. The number of amides is 1. The second kappa shape index (κ2) is 7.77. The van der Waals surface area contributed by atoms with Crippen LogP contribution in [0.15, 0.2) is 51.8 Å². The zero-order valence-corrected chi connectivity index (χ0v) is 14.7. The highest BCUT2D eigenvalue weighted by Gasteiger charge is 2.08. The molecule has 0 aliphatic heterocycles. The molecule has 7 nitrogen and oxygen atoms in total. The van der Waals surface area contributed by atoms with Crippen molar-refractivity contribution in [1.82, 2.24) is 14.9 Å². The lowest BCUT2D eigenvalue weighted by atomic mass is 10.1. The van der Waals surface area contributed by atoms with Crippen LogP contribution < -0.4 is 10.9 Å². The number of benzene rings is 1. The van der Waals surface area contributed by atoms with Crippen molar-refractivity contribution in [3.63, 3.8) is 0 Å². The number of nitrogens with zero attached hydrogens (tertiary/aromatic N) is 3. The van der Waals surface area contributed by atoms with Crippen molar-refractivity contribution < 1.29 is 9.32 Å². The third kappa shape index (κ3) is 4.44. The molecule has 1 N–H and O–H groups in total. The summed E-state index contributed by atoms with van der Waals surface area (Å²) in [7, 11) is 0. The number of carbonyl (C=O) groups is 1. The zero-order valence-electron chi connectivity index (χ0n) is 14.7. The van der Waals surface area contributed by atoms with Crippen LogP contribution in [0, 0.1) is 13.8 Å². The molecule has 0 saturated heterocycles. The lowest BCUT2D eigenvalue weighted by Crippen LogP contribution is -2.23. The van der Waals surface area contributed by atoms with Crippen molar-refractivity contribution in [2.45, 2.75) is 33.2 Å². The molecule has 0 aliphatic rings. The van der Waals surface area contributed by atoms with E-state index in [1.54, 1.807) is 19.1 Å². The number of aromatic nitrogens is 3. The molecule has 2 heterocycles. The second-order valence-corrected chi connectivity index (χ2v) is 6.13. The molecule has 0 spiro atoms. The summed E-state index contributed by atoms with van der Waals surface area (Å²) >= 11 is 0. The lowest BCUT2D eigenvalue weighted by molar-refractivity contribution is -0.116. The molecule has 3 aromatic rings. The topological polar surface area (TPSA) is 90.0 Å². The van der Waals surface area contributed by atoms with E-state index in [4.69, 9.17) is 4.52 Å². The van der Waals surface area contributed by atoms with Crippen LogP contribution in [0.25, 0.3) is 11.3 Å². The van der Waals surface area contributed by atoms with Gasteiger partial charge in [0, 0.05) is 30.7 Å². The van der Waals surface area contributed by atoms with Gasteiger partial charge in [-0.1, -0.05) is 35.0 Å². The minimum atomic E-state index is -0.191. The fraction of sp³-hybridized carbons (Fsp3) is 0.263. The highest BCUT2D eigenvalue weighted by Crippen LogP contribution is 2.16. The minimum absolute atomic E-state index is 0.188. The Bertz CT molecular complexity index is 957. The molecule has 0 radical (unpaired) electrons. The maximum Gasteiger partial charge on any atom is 0.266 e. The zero-order chi connectivity index (χ0) is 18.5. The van der Waals surface area contributed by atoms with Gasteiger partial charge in [0.2, 0.25) is 11.8 Å². The van der Waals surface area contributed by atoms with Crippen LogP contribution in [0.5, 0.6) is 0 Å². The average molecular weight is 352 g/mol. The number of hydrogen-bond acceptors (Lipinski definition) is 5. The summed E-state index contributed by atoms with van der Waals surface area (Å²) in [5.41, 5.74) is 3.35. The molecule has 0 fully saturated rings. The smallest absolute Gasteiger partial charge is 0.266 e. The van der Waals surface area contributed by atoms with E-state index in [-0.39, 0.29) is 17.9 Å². The summed E-state index contributed by atoms with van der Waals surface area (Å²) in [6.07, 6.45) is 0.742. The molecule has 1 aromatic carbocycles. The van der Waals surface area contributed by atoms with E-state index < -0.39 is 0 Å². The molecule has 26 heavy (non-hydrogen) atoms. The molecular formula is C19H20N4O3. The molecule has 134 valence electrons. The monoisotopic (exact) mass is 352 g/mol. The molecule has 1 amide bonds. The number of nitrogens with one attached hydrogen (secondary N) is 1. The largest absolute Gasteiger partial charge is 0.338 e. The SMILES string of the molecule is Cc1ccc(-c2ccc(=O)n(CCCC(=O)Nc3cc(C)no3)n2)cc1. The first kappa shape index (κ1) is 17.6. The van der Waals surface area contributed by atoms with E-state index in [1.165, 1.54) is 10.7 Å². The first-order valence-electron chi connectivity index (χ1n) is 8.39. The molecule has 0 bridgehead atoms. The van der Waals surface area contributed by atoms with Gasteiger partial charge in [-0.05, 0) is 26.3 Å². The fourth-order valence-electron chi connectivity index (χ4n) is 2.50. The summed E-state index contributed by atoms with van der Waals surface area (Å²) in [4.78, 5) is 23.9. The van der Waals surface area contributed by atoms with Gasteiger partial charge >= 0.3 is 0 Å². The molecule has 2 aromatic heterocycles. The Balaban J connectivity index is 1.60. The van der Waals surface area contributed by atoms with Gasteiger partial charge in [-0.15, -0.1) is 0 Å². The number of hydrogen-bond donors (Lipinski definition) is 1. The van der Waals surface area contributed by atoms with Crippen LogP contribution >= 0.6 is 0 Å². The van der Waals surface area contributed by atoms with Gasteiger partial charge in [0.25, 0.3) is 5.56 Å². The van der Waals surface area contributed by atoms with Gasteiger partial charge in [-0.2, -0.15) is 5.10 Å². The van der Waals surface area contributed by atoms with Gasteiger partial charge in [0.1, 0.15) is 0 Å². The van der Waals surface area contributed by atoms with E-state index >= 15 is 0 Å². The Morgan fingerprint density at radius 3 is 2.62 bits per heavy atom. The Labute approximate surface area is 150 Å². The van der Waals surface area contributed by atoms with Crippen molar-refractivity contribution in [1.29, 1.82) is 0 Å². The molecular weight excluding hydrogens is 332 g/mol. The average Bonchev–Trinajstić information content (AvgIpc) is 3.02. The van der Waals surface area contributed by atoms with Crippen LogP contribution in [0.1, 0.15) is 24.1 Å². The molecule has 3 rings (SSSR count). The fourth-order valence-corrected chi connectivity index (χ4v) is 2.50. The quantitative estimate of drug-likeness (QED) is 0.737. The number of aryl methyl sites for hydroxylation is 3. The number of anilines is 1. The summed E-state index contributed by atoms with van der Waals surface area (Å²) < 4.78 is 6.33. The highest BCUT2D eigenvalue weighted by atomic mass is 16.5. The van der Waals surface area contributed by atoms with Crippen LogP contribution in [0.3, 0.4) is 0 Å². The van der Waals surface area contributed by atoms with E-state index in [9.17, 15) is 9.59 Å². The van der Waals surface area contributed by atoms with Gasteiger partial charge in [0.05, 0.1) is 11.4 Å². The maximum absolute atomic E-state index is 12.0. The summed E-state index contributed by atoms with van der Waals surface area (Å²) in [6, 6.07) is 12.8. The number of carbonyl (C=O) groups excluding carboxylic acids is 1. The van der Waals surface area contributed by atoms with Gasteiger partial charge < -0.3 is 4.52 Å². The van der Waals surface area contributed by atoms with Crippen LogP contribution in [0.2, 0.25) is 0 Å². The highest BCUT2D eigenvalue weighted by molar-refractivity contribution is 5.89. The lowest BCUT2D eigenvalue weighted by Gasteiger charge is -2.07. The van der Waals surface area contributed by atoms with E-state index in [0.717, 1.165) is 16.8 Å². The Kier molecular flexibility index (Phi) is 5.26. The van der Waals surface area contributed by atoms with Crippen molar-refractivity contribution in [3.8, 4) is 11.3 Å². The van der Waals surface area contributed by atoms with Crippen molar-refractivity contribution in [3.05, 3.63) is 64.1 Å². The minimum Gasteiger partial charge on any atom is -0.338 e. The predicted octanol–water partition coefficient (Wildman–Crippen LogP) is 2.93. The third-order valence-electron chi connectivity index (χ3n) is 3.88. The number of rotatable bonds is 6. The molecule has 0 atom stereocenters. The van der Waals surface area contributed by atoms with Crippen molar-refractivity contribution in [2.24, 2.45) is 0 Å². The van der Waals surface area contributed by atoms with Crippen molar-refractivity contribution in [2.75, 3.05) is 5.32 Å². The standard InChI is InChI=1S/C19H20N4O3/c1-13-5-7-15(8-6-13)16-9-10-19(25)23(21-16)11-3-4-17(24)20-18-12-14(2)22-26-18/h5-10,12H,3-4,11H2,1-2H3,(H,20,24). The normalized spacial score (nSPS) is 10.7. The van der Waals surface area contributed by atoms with E-state index in [0.29, 0.717) is 24.5 Å². The third-order valence-corrected chi connectivity index (χ3v) is 3.88. The van der Waals surface area contributed by atoms with Crippen molar-refractivity contribution >= 4 is 11.8 Å². The van der Waals surface area contributed by atoms with E-state index in [1.807, 2.05) is 31.2 Å². The molecule has 0 unspecified atom stereocenters. The first-order chi connectivity index (χ1) is 12.5.